The number of aliphatic carboxylic acids is 1. The number of hydrogen-bond acceptors (Lipinski definition) is 14. The fourth-order valence-electron chi connectivity index (χ4n) is 3.57. The van der Waals surface area contributed by atoms with Gasteiger partial charge >= 0.3 is 5.97 Å². The lowest BCUT2D eigenvalue weighted by Gasteiger charge is -2.45. The van der Waals surface area contributed by atoms with E-state index in [-0.39, 0.29) is 24.5 Å². The second-order valence-electron chi connectivity index (χ2n) is 8.47. The summed E-state index contributed by atoms with van der Waals surface area (Å²) < 4.78 is 16.3. The number of amides is 2. The summed E-state index contributed by atoms with van der Waals surface area (Å²) in [6, 6.07) is -2.34. The number of rotatable bonds is 11. The first-order valence-electron chi connectivity index (χ1n) is 11.1. The minimum absolute atomic E-state index is 0.000487. The summed E-state index contributed by atoms with van der Waals surface area (Å²) in [5.41, 5.74) is 17.2. The maximum Gasteiger partial charge on any atom is 0.327 e. The van der Waals surface area contributed by atoms with E-state index in [4.69, 9.17) is 36.5 Å². The minimum Gasteiger partial charge on any atom is -0.480 e. The highest BCUT2D eigenvalue weighted by Crippen LogP contribution is 2.26. The van der Waals surface area contributed by atoms with Crippen molar-refractivity contribution < 1.29 is 54.1 Å². The van der Waals surface area contributed by atoms with E-state index in [0.717, 1.165) is 11.8 Å². The van der Waals surface area contributed by atoms with Crippen molar-refractivity contribution in [3.05, 3.63) is 0 Å². The van der Waals surface area contributed by atoms with Crippen LogP contribution in [0, 0.1) is 0 Å². The molecule has 0 spiro atoms. The molecule has 0 radical (unpaired) electrons. The Balaban J connectivity index is 1.85. The van der Waals surface area contributed by atoms with Crippen LogP contribution in [0.15, 0.2) is 0 Å². The fraction of sp³-hybridized carbons (Fsp3) is 0.842. The van der Waals surface area contributed by atoms with Crippen LogP contribution >= 0.6 is 11.8 Å². The van der Waals surface area contributed by atoms with Crippen LogP contribution in [-0.4, -0.2) is 129 Å². The monoisotopic (exact) mass is 541 g/mol. The van der Waals surface area contributed by atoms with Crippen LogP contribution in [-0.2, 0) is 28.6 Å². The lowest BCUT2D eigenvalue weighted by atomic mass is 9.96. The Bertz CT molecular complexity index is 767. The van der Waals surface area contributed by atoms with E-state index in [9.17, 15) is 34.8 Å². The molecule has 0 aromatic carbocycles. The number of thioether (sulfide) groups is 1. The highest BCUT2D eigenvalue weighted by Gasteiger charge is 2.48. The third-order valence-electron chi connectivity index (χ3n) is 5.63. The Morgan fingerprint density at radius 3 is 2.28 bits per heavy atom. The summed E-state index contributed by atoms with van der Waals surface area (Å²) in [6.45, 7) is 0.967. The molecule has 17 heteroatoms. The topological polar surface area (TPSA) is 282 Å². The molecule has 16 nitrogen and oxygen atoms in total. The number of aliphatic hydroxyl groups excluding tert-OH is 4. The van der Waals surface area contributed by atoms with Gasteiger partial charge in [0.1, 0.15) is 55.1 Å². The van der Waals surface area contributed by atoms with Crippen molar-refractivity contribution in [2.45, 2.75) is 80.8 Å². The quantitative estimate of drug-likeness (QED) is 0.109. The summed E-state index contributed by atoms with van der Waals surface area (Å²) in [4.78, 5) is 34.3. The largest absolute Gasteiger partial charge is 0.480 e. The summed E-state index contributed by atoms with van der Waals surface area (Å²) in [6.07, 6.45) is -12.4. The lowest BCUT2D eigenvalue weighted by molar-refractivity contribution is -0.313. The van der Waals surface area contributed by atoms with Gasteiger partial charge in [0.05, 0.1) is 6.04 Å². The van der Waals surface area contributed by atoms with Gasteiger partial charge in [0.25, 0.3) is 0 Å². The number of nitrogens with one attached hydrogen (secondary N) is 2. The molecule has 2 heterocycles. The Kier molecular flexibility index (Phi) is 11.7. The number of carbonyl (C=O) groups excluding carboxylic acids is 2. The Labute approximate surface area is 210 Å². The number of aliphatic hydroxyl groups is 4. The van der Waals surface area contributed by atoms with Gasteiger partial charge in [-0.2, -0.15) is 11.8 Å². The molecule has 2 fully saturated rings. The third-order valence-corrected chi connectivity index (χ3v) is 6.70. The minimum atomic E-state index is -1.55. The fourth-order valence-corrected chi connectivity index (χ4v) is 4.53. The number of ether oxygens (including phenoxy) is 3. The maximum atomic E-state index is 12.2. The molecular weight excluding hydrogens is 506 g/mol. The lowest BCUT2D eigenvalue weighted by Crippen LogP contribution is -2.68. The molecule has 2 rings (SSSR count). The van der Waals surface area contributed by atoms with Crippen LogP contribution in [0.5, 0.6) is 0 Å². The van der Waals surface area contributed by atoms with Crippen LogP contribution in [0.1, 0.15) is 13.3 Å². The molecule has 13 N–H and O–H groups in total. The Hall–Kier alpha value is -1.64. The second kappa shape index (κ2) is 13.8. The van der Waals surface area contributed by atoms with Gasteiger partial charge in [-0.15, -0.1) is 0 Å². The number of carboxylic acid groups (broad SMARTS) is 1. The molecule has 208 valence electrons. The summed E-state index contributed by atoms with van der Waals surface area (Å²) in [5.74, 6) is -1.80. The van der Waals surface area contributed by atoms with Crippen LogP contribution < -0.4 is 27.8 Å². The van der Waals surface area contributed by atoms with E-state index < -0.39 is 85.2 Å². The highest BCUT2D eigenvalue weighted by molar-refractivity contribution is 7.99. The smallest absolute Gasteiger partial charge is 0.327 e. The maximum absolute atomic E-state index is 12.2. The van der Waals surface area contributed by atoms with Crippen molar-refractivity contribution >= 4 is 29.5 Å². The van der Waals surface area contributed by atoms with Gasteiger partial charge in [-0.25, -0.2) is 4.79 Å². The molecule has 5 unspecified atom stereocenters. The summed E-state index contributed by atoms with van der Waals surface area (Å²) in [5, 5.41) is 54.7. The van der Waals surface area contributed by atoms with E-state index in [1.54, 1.807) is 0 Å². The SMILES string of the molecule is CC(=O)NC(CSCCC(=O)NCC1O[C@@H](O[C@@H]2C(N)O[C@@H](N)C(O)[C@H]2O)C(N)[C@@H](O)[C@@H]1O)C(=O)O. The molecule has 11 atom stereocenters. The van der Waals surface area contributed by atoms with E-state index in [1.807, 2.05) is 0 Å². The molecule has 2 aliphatic rings. The average Bonchev–Trinajstić information content (AvgIpc) is 2.81. The molecule has 2 amide bonds. The van der Waals surface area contributed by atoms with Gasteiger partial charge in [-0.05, 0) is 0 Å². The number of nitrogens with two attached hydrogens (primary N) is 3. The van der Waals surface area contributed by atoms with Gasteiger partial charge in [0, 0.05) is 31.4 Å². The molecule has 0 aliphatic carbocycles. The molecule has 0 saturated carbocycles. The first-order valence-corrected chi connectivity index (χ1v) is 12.3. The molecule has 2 saturated heterocycles. The Morgan fingerprint density at radius 1 is 1.00 bits per heavy atom. The molecule has 2 aliphatic heterocycles. The summed E-state index contributed by atoms with van der Waals surface area (Å²) >= 11 is 1.15. The van der Waals surface area contributed by atoms with Crippen LogP contribution in [0.4, 0.5) is 0 Å². The van der Waals surface area contributed by atoms with Crippen molar-refractivity contribution in [3.8, 4) is 0 Å². The van der Waals surface area contributed by atoms with Crippen molar-refractivity contribution in [1.82, 2.24) is 10.6 Å². The average molecular weight is 542 g/mol. The van der Waals surface area contributed by atoms with Crippen molar-refractivity contribution in [1.29, 1.82) is 0 Å². The predicted octanol–water partition coefficient (Wildman–Crippen LogP) is -5.70. The van der Waals surface area contributed by atoms with E-state index >= 15 is 0 Å². The van der Waals surface area contributed by atoms with Gasteiger partial charge in [-0.3, -0.25) is 9.59 Å². The first-order chi connectivity index (χ1) is 16.8. The Morgan fingerprint density at radius 2 is 1.67 bits per heavy atom. The van der Waals surface area contributed by atoms with Gasteiger partial charge in [0.15, 0.2) is 6.29 Å². The molecule has 0 aromatic heterocycles. The van der Waals surface area contributed by atoms with Crippen molar-refractivity contribution in [2.75, 3.05) is 18.1 Å². The number of hydrogen-bond donors (Lipinski definition) is 10. The highest BCUT2D eigenvalue weighted by atomic mass is 32.2. The molecule has 36 heavy (non-hydrogen) atoms. The molecule has 0 aromatic rings. The second-order valence-corrected chi connectivity index (χ2v) is 9.62. The third kappa shape index (κ3) is 8.18. The van der Waals surface area contributed by atoms with E-state index in [1.165, 1.54) is 6.92 Å². The normalized spacial score (nSPS) is 37.7. The van der Waals surface area contributed by atoms with Crippen molar-refractivity contribution in [3.63, 3.8) is 0 Å². The zero-order valence-corrected chi connectivity index (χ0v) is 20.3. The van der Waals surface area contributed by atoms with Gasteiger partial charge in [0.2, 0.25) is 11.8 Å². The number of carbonyl (C=O) groups is 3. The standard InChI is InChI=1S/C19H35N5O11S/c1-6(25)24-7(18(31)32)5-36-3-2-9(26)23-4-8-11(27)12(28)10(20)19(33-8)34-15-13(29)14(30)16(21)35-17(15)22/h7-8,10-17,19,27-30H,2-5,20-22H2,1H3,(H,23,26)(H,24,25)(H,31,32)/t7?,8?,10?,11-,12-,13-,14?,15+,16-,17?,19+/m1/s1. The van der Waals surface area contributed by atoms with Gasteiger partial charge in [-0.1, -0.05) is 0 Å². The van der Waals surface area contributed by atoms with Crippen LogP contribution in [0.25, 0.3) is 0 Å². The molecule has 0 bridgehead atoms. The van der Waals surface area contributed by atoms with E-state index in [2.05, 4.69) is 10.6 Å². The predicted molar refractivity (Wildman–Crippen MR) is 123 cm³/mol. The van der Waals surface area contributed by atoms with Crippen molar-refractivity contribution in [2.24, 2.45) is 17.2 Å². The van der Waals surface area contributed by atoms with Crippen LogP contribution in [0.2, 0.25) is 0 Å². The van der Waals surface area contributed by atoms with Gasteiger partial charge < -0.3 is 67.6 Å². The summed E-state index contributed by atoms with van der Waals surface area (Å²) in [7, 11) is 0. The zero-order chi connectivity index (χ0) is 27.2. The zero-order valence-electron chi connectivity index (χ0n) is 19.5. The number of carboxylic acids is 1. The van der Waals surface area contributed by atoms with Crippen LogP contribution in [0.3, 0.4) is 0 Å². The molecular formula is C19H35N5O11S. The first kappa shape index (κ1) is 30.6. The van der Waals surface area contributed by atoms with E-state index in [0.29, 0.717) is 0 Å².